The summed E-state index contributed by atoms with van der Waals surface area (Å²) < 4.78 is 10.7. The number of carboxylic acids is 1. The average Bonchev–Trinajstić information content (AvgIpc) is 2.37. The van der Waals surface area contributed by atoms with Gasteiger partial charge in [0.15, 0.2) is 6.10 Å². The van der Waals surface area contributed by atoms with Gasteiger partial charge in [-0.05, 0) is 19.3 Å². The highest BCUT2D eigenvalue weighted by Gasteiger charge is 2.28. The fourth-order valence-electron chi connectivity index (χ4n) is 2.26. The van der Waals surface area contributed by atoms with Crippen molar-refractivity contribution in [1.29, 1.82) is 0 Å². The van der Waals surface area contributed by atoms with Gasteiger partial charge < -0.3 is 19.5 Å². The highest BCUT2D eigenvalue weighted by molar-refractivity contribution is 5.78. The summed E-state index contributed by atoms with van der Waals surface area (Å²) in [5.74, 6) is -0.531. The molecule has 1 amide bonds. The predicted molar refractivity (Wildman–Crippen MR) is 73.4 cm³/mol. The van der Waals surface area contributed by atoms with Crippen LogP contribution in [0, 0.1) is 5.92 Å². The molecule has 1 rings (SSSR count). The van der Waals surface area contributed by atoms with Crippen molar-refractivity contribution in [2.24, 2.45) is 5.92 Å². The van der Waals surface area contributed by atoms with Gasteiger partial charge in [-0.15, -0.1) is 0 Å². The minimum absolute atomic E-state index is 0.0729. The van der Waals surface area contributed by atoms with Crippen molar-refractivity contribution in [2.75, 3.05) is 26.3 Å². The van der Waals surface area contributed by atoms with E-state index in [-0.39, 0.29) is 31.6 Å². The van der Waals surface area contributed by atoms with E-state index in [1.807, 2.05) is 6.92 Å². The summed E-state index contributed by atoms with van der Waals surface area (Å²) in [5.41, 5.74) is 0. The molecule has 0 radical (unpaired) electrons. The van der Waals surface area contributed by atoms with Crippen LogP contribution in [0.5, 0.6) is 0 Å². The second kappa shape index (κ2) is 8.21. The Kier molecular flexibility index (Phi) is 6.95. The van der Waals surface area contributed by atoms with Crippen LogP contribution in [0.25, 0.3) is 0 Å². The summed E-state index contributed by atoms with van der Waals surface area (Å²) in [7, 11) is 0. The standard InChI is InChI=1S/C14H25NO5/c1-10(2)8-11(3)19-6-4-13(16)15-5-7-20-12(9-15)14(17)18/h10-12H,4-9H2,1-3H3,(H,17,18)/t11-,12-/m1/s1. The lowest BCUT2D eigenvalue weighted by atomic mass is 10.1. The summed E-state index contributed by atoms with van der Waals surface area (Å²) in [6.45, 7) is 7.48. The molecule has 0 aromatic heterocycles. The van der Waals surface area contributed by atoms with Gasteiger partial charge >= 0.3 is 5.97 Å². The van der Waals surface area contributed by atoms with Gasteiger partial charge in [0, 0.05) is 6.54 Å². The van der Waals surface area contributed by atoms with Gasteiger partial charge in [0.2, 0.25) is 5.91 Å². The lowest BCUT2D eigenvalue weighted by Crippen LogP contribution is -2.48. The van der Waals surface area contributed by atoms with Crippen molar-refractivity contribution < 1.29 is 24.2 Å². The van der Waals surface area contributed by atoms with Crippen molar-refractivity contribution >= 4 is 11.9 Å². The number of morpholine rings is 1. The molecule has 6 nitrogen and oxygen atoms in total. The molecule has 1 heterocycles. The molecule has 0 aromatic carbocycles. The molecule has 1 aliphatic heterocycles. The molecule has 0 unspecified atom stereocenters. The fraction of sp³-hybridized carbons (Fsp3) is 0.857. The third kappa shape index (κ3) is 5.88. The first-order valence-corrected chi connectivity index (χ1v) is 7.14. The third-order valence-corrected chi connectivity index (χ3v) is 3.22. The van der Waals surface area contributed by atoms with Crippen LogP contribution < -0.4 is 0 Å². The lowest BCUT2D eigenvalue weighted by molar-refractivity contribution is -0.159. The molecule has 20 heavy (non-hydrogen) atoms. The van der Waals surface area contributed by atoms with Gasteiger partial charge in [-0.25, -0.2) is 4.79 Å². The zero-order valence-corrected chi connectivity index (χ0v) is 12.5. The quantitative estimate of drug-likeness (QED) is 0.760. The summed E-state index contributed by atoms with van der Waals surface area (Å²) >= 11 is 0. The summed E-state index contributed by atoms with van der Waals surface area (Å²) in [5, 5.41) is 8.88. The lowest BCUT2D eigenvalue weighted by Gasteiger charge is -2.31. The van der Waals surface area contributed by atoms with E-state index in [2.05, 4.69) is 13.8 Å². The minimum atomic E-state index is -1.02. The molecular formula is C14H25NO5. The smallest absolute Gasteiger partial charge is 0.334 e. The SMILES string of the molecule is CC(C)C[C@@H](C)OCCC(=O)N1CCO[C@@H](C(=O)O)C1. The Morgan fingerprint density at radius 1 is 1.40 bits per heavy atom. The Morgan fingerprint density at radius 3 is 2.70 bits per heavy atom. The van der Waals surface area contributed by atoms with Crippen LogP contribution in [0.1, 0.15) is 33.6 Å². The Labute approximate surface area is 120 Å². The topological polar surface area (TPSA) is 76.1 Å². The first-order valence-electron chi connectivity index (χ1n) is 7.14. The summed E-state index contributed by atoms with van der Waals surface area (Å²) in [6.07, 6.45) is 0.481. The maximum absolute atomic E-state index is 12.0. The average molecular weight is 287 g/mol. The maximum atomic E-state index is 12.0. The fourth-order valence-corrected chi connectivity index (χ4v) is 2.26. The number of hydrogen-bond donors (Lipinski definition) is 1. The molecule has 0 bridgehead atoms. The van der Waals surface area contributed by atoms with Crippen molar-refractivity contribution in [2.45, 2.75) is 45.8 Å². The van der Waals surface area contributed by atoms with E-state index in [0.29, 0.717) is 19.1 Å². The molecule has 1 fully saturated rings. The second-order valence-corrected chi connectivity index (χ2v) is 5.60. The van der Waals surface area contributed by atoms with E-state index in [4.69, 9.17) is 14.6 Å². The zero-order chi connectivity index (χ0) is 15.1. The van der Waals surface area contributed by atoms with Gasteiger partial charge in [-0.2, -0.15) is 0 Å². The van der Waals surface area contributed by atoms with Gasteiger partial charge in [-0.3, -0.25) is 4.79 Å². The molecule has 0 aliphatic carbocycles. The molecule has 0 spiro atoms. The second-order valence-electron chi connectivity index (χ2n) is 5.60. The molecule has 1 aliphatic rings. The van der Waals surface area contributed by atoms with E-state index in [9.17, 15) is 9.59 Å². The Morgan fingerprint density at radius 2 is 2.10 bits per heavy atom. The van der Waals surface area contributed by atoms with Gasteiger partial charge in [-0.1, -0.05) is 13.8 Å². The third-order valence-electron chi connectivity index (χ3n) is 3.22. The van der Waals surface area contributed by atoms with Crippen LogP contribution >= 0.6 is 0 Å². The highest BCUT2D eigenvalue weighted by atomic mass is 16.5. The number of carboxylic acid groups (broad SMARTS) is 1. The predicted octanol–water partition coefficient (Wildman–Crippen LogP) is 1.14. The van der Waals surface area contributed by atoms with Gasteiger partial charge in [0.05, 0.1) is 32.3 Å². The van der Waals surface area contributed by atoms with Gasteiger partial charge in [0.1, 0.15) is 0 Å². The number of amides is 1. The van der Waals surface area contributed by atoms with E-state index < -0.39 is 12.1 Å². The van der Waals surface area contributed by atoms with Crippen LogP contribution in [0.3, 0.4) is 0 Å². The van der Waals surface area contributed by atoms with Crippen LogP contribution in [-0.4, -0.2) is 60.4 Å². The van der Waals surface area contributed by atoms with Crippen molar-refractivity contribution in [3.05, 3.63) is 0 Å². The normalized spacial score (nSPS) is 21.0. The van der Waals surface area contributed by atoms with E-state index >= 15 is 0 Å². The van der Waals surface area contributed by atoms with Crippen molar-refractivity contribution in [1.82, 2.24) is 4.90 Å². The molecule has 1 saturated heterocycles. The highest BCUT2D eigenvalue weighted by Crippen LogP contribution is 2.10. The summed E-state index contributed by atoms with van der Waals surface area (Å²) in [4.78, 5) is 24.3. The molecular weight excluding hydrogens is 262 g/mol. The first kappa shape index (κ1) is 16.9. The molecule has 0 aromatic rings. The molecule has 2 atom stereocenters. The number of carbonyl (C=O) groups excluding carboxylic acids is 1. The molecule has 1 N–H and O–H groups in total. The molecule has 116 valence electrons. The Bertz CT molecular complexity index is 332. The van der Waals surface area contributed by atoms with E-state index in [1.165, 1.54) is 0 Å². The number of ether oxygens (including phenoxy) is 2. The largest absolute Gasteiger partial charge is 0.479 e. The monoisotopic (exact) mass is 287 g/mol. The zero-order valence-electron chi connectivity index (χ0n) is 12.5. The van der Waals surface area contributed by atoms with Crippen molar-refractivity contribution in [3.8, 4) is 0 Å². The van der Waals surface area contributed by atoms with Gasteiger partial charge in [0.25, 0.3) is 0 Å². The number of carbonyl (C=O) groups is 2. The van der Waals surface area contributed by atoms with E-state index in [0.717, 1.165) is 6.42 Å². The Balaban J connectivity index is 2.27. The minimum Gasteiger partial charge on any atom is -0.479 e. The first-order chi connectivity index (χ1) is 9.40. The molecule has 6 heteroatoms. The van der Waals surface area contributed by atoms with Crippen LogP contribution in [0.4, 0.5) is 0 Å². The van der Waals surface area contributed by atoms with E-state index in [1.54, 1.807) is 4.90 Å². The number of nitrogens with zero attached hydrogens (tertiary/aromatic N) is 1. The number of rotatable bonds is 7. The number of aliphatic carboxylic acids is 1. The Hall–Kier alpha value is -1.14. The van der Waals surface area contributed by atoms with Crippen LogP contribution in [0.2, 0.25) is 0 Å². The number of hydrogen-bond acceptors (Lipinski definition) is 4. The van der Waals surface area contributed by atoms with Crippen molar-refractivity contribution in [3.63, 3.8) is 0 Å². The summed E-state index contributed by atoms with van der Waals surface area (Å²) in [6, 6.07) is 0. The maximum Gasteiger partial charge on any atom is 0.334 e. The molecule has 0 saturated carbocycles. The van der Waals surface area contributed by atoms with Crippen LogP contribution in [0.15, 0.2) is 0 Å². The van der Waals surface area contributed by atoms with Crippen LogP contribution in [-0.2, 0) is 19.1 Å².